The van der Waals surface area contributed by atoms with Crippen molar-refractivity contribution in [1.29, 1.82) is 0 Å². The summed E-state index contributed by atoms with van der Waals surface area (Å²) in [5.74, 6) is 0.909. The Hall–Kier alpha value is -2.27. The van der Waals surface area contributed by atoms with Crippen molar-refractivity contribution < 1.29 is 13.9 Å². The molecule has 1 amide bonds. The number of piperidine rings is 1. The zero-order valence-corrected chi connectivity index (χ0v) is 13.3. The van der Waals surface area contributed by atoms with Gasteiger partial charge in [0, 0.05) is 19.1 Å². The maximum atomic E-state index is 11.6. The van der Waals surface area contributed by atoms with Crippen LogP contribution in [0.15, 0.2) is 53.1 Å². The van der Waals surface area contributed by atoms with Crippen LogP contribution in [0.4, 0.5) is 4.79 Å². The summed E-state index contributed by atoms with van der Waals surface area (Å²) in [5, 5.41) is 3.68. The molecule has 5 heteroatoms. The van der Waals surface area contributed by atoms with Gasteiger partial charge in [0.05, 0.1) is 19.4 Å². The third kappa shape index (κ3) is 3.74. The zero-order chi connectivity index (χ0) is 16.1. The Balaban J connectivity index is 1.68. The smallest absolute Gasteiger partial charge is 0.409 e. The van der Waals surface area contributed by atoms with Crippen LogP contribution in [0, 0.1) is 0 Å². The molecule has 23 heavy (non-hydrogen) atoms. The van der Waals surface area contributed by atoms with Crippen LogP contribution in [-0.4, -0.2) is 37.2 Å². The monoisotopic (exact) mass is 314 g/mol. The molecule has 122 valence electrons. The second-order valence-corrected chi connectivity index (χ2v) is 5.76. The summed E-state index contributed by atoms with van der Waals surface area (Å²) >= 11 is 0. The number of methoxy groups -OCH3 is 1. The molecule has 5 nitrogen and oxygen atoms in total. The number of benzene rings is 1. The molecule has 0 unspecified atom stereocenters. The highest BCUT2D eigenvalue weighted by Crippen LogP contribution is 2.25. The topological polar surface area (TPSA) is 54.7 Å². The zero-order valence-electron chi connectivity index (χ0n) is 13.3. The molecule has 0 saturated carbocycles. The minimum absolute atomic E-state index is 0.0286. The summed E-state index contributed by atoms with van der Waals surface area (Å²) in [7, 11) is 1.43. The second-order valence-electron chi connectivity index (χ2n) is 5.76. The maximum absolute atomic E-state index is 11.6. The van der Waals surface area contributed by atoms with Crippen molar-refractivity contribution in [1.82, 2.24) is 10.2 Å². The summed E-state index contributed by atoms with van der Waals surface area (Å²) in [4.78, 5) is 13.3. The molecule has 3 rings (SSSR count). The third-order valence-corrected chi connectivity index (χ3v) is 4.29. The van der Waals surface area contributed by atoms with Gasteiger partial charge in [0.1, 0.15) is 5.76 Å². The molecule has 0 aliphatic carbocycles. The van der Waals surface area contributed by atoms with E-state index >= 15 is 0 Å². The fourth-order valence-electron chi connectivity index (χ4n) is 3.04. The number of carbonyl (C=O) groups is 1. The van der Waals surface area contributed by atoms with Crippen molar-refractivity contribution in [3.8, 4) is 0 Å². The van der Waals surface area contributed by atoms with E-state index in [0.29, 0.717) is 19.1 Å². The number of nitrogens with zero attached hydrogens (tertiary/aromatic N) is 1. The average molecular weight is 314 g/mol. The van der Waals surface area contributed by atoms with Gasteiger partial charge in [0.2, 0.25) is 0 Å². The highest BCUT2D eigenvalue weighted by Gasteiger charge is 2.26. The first-order chi connectivity index (χ1) is 11.3. The second kappa shape index (κ2) is 7.33. The van der Waals surface area contributed by atoms with Crippen molar-refractivity contribution in [2.45, 2.75) is 24.9 Å². The van der Waals surface area contributed by atoms with Gasteiger partial charge in [-0.25, -0.2) is 4.79 Å². The number of hydrogen-bond donors (Lipinski definition) is 1. The van der Waals surface area contributed by atoms with E-state index in [1.807, 2.05) is 30.3 Å². The fourth-order valence-corrected chi connectivity index (χ4v) is 3.04. The third-order valence-electron chi connectivity index (χ3n) is 4.29. The molecule has 0 bridgehead atoms. The highest BCUT2D eigenvalue weighted by atomic mass is 16.5. The molecule has 2 aromatic rings. The summed E-state index contributed by atoms with van der Waals surface area (Å²) in [6.45, 7) is 1.42. The first kappa shape index (κ1) is 15.6. The molecule has 1 N–H and O–H groups in total. The van der Waals surface area contributed by atoms with Gasteiger partial charge in [-0.15, -0.1) is 0 Å². The van der Waals surface area contributed by atoms with E-state index in [4.69, 9.17) is 9.15 Å². The van der Waals surface area contributed by atoms with Crippen LogP contribution in [-0.2, 0) is 4.74 Å². The normalized spacial score (nSPS) is 17.0. The van der Waals surface area contributed by atoms with Gasteiger partial charge in [0.15, 0.2) is 0 Å². The summed E-state index contributed by atoms with van der Waals surface area (Å²) in [6.07, 6.45) is 3.26. The molecule has 1 aliphatic rings. The molecule has 1 saturated heterocycles. The van der Waals surface area contributed by atoms with E-state index < -0.39 is 0 Å². The number of carbonyl (C=O) groups excluding carboxylic acids is 1. The van der Waals surface area contributed by atoms with Gasteiger partial charge in [-0.1, -0.05) is 30.3 Å². The number of likely N-dealkylation sites (tertiary alicyclic amines) is 1. The molecular weight excluding hydrogens is 292 g/mol. The van der Waals surface area contributed by atoms with Crippen LogP contribution in [0.1, 0.15) is 30.2 Å². The highest BCUT2D eigenvalue weighted by molar-refractivity contribution is 5.67. The minimum Gasteiger partial charge on any atom is -0.467 e. The number of rotatable bonds is 4. The molecule has 1 fully saturated rings. The standard InChI is InChI=1S/C18H22N2O3/c1-22-18(21)20-11-9-15(10-12-20)19-17(16-8-5-13-23-16)14-6-3-2-4-7-14/h2-8,13,15,17,19H,9-12H2,1H3/t17-/m0/s1. The number of nitrogens with one attached hydrogen (secondary N) is 1. The molecule has 1 atom stereocenters. The Kier molecular flexibility index (Phi) is 4.98. The van der Waals surface area contributed by atoms with Gasteiger partial charge >= 0.3 is 6.09 Å². The van der Waals surface area contributed by atoms with Crippen molar-refractivity contribution in [2.24, 2.45) is 0 Å². The first-order valence-electron chi connectivity index (χ1n) is 7.95. The number of furan rings is 1. The molecule has 1 aliphatic heterocycles. The van der Waals surface area contributed by atoms with Gasteiger partial charge in [-0.3, -0.25) is 0 Å². The van der Waals surface area contributed by atoms with Crippen LogP contribution in [0.5, 0.6) is 0 Å². The van der Waals surface area contributed by atoms with Gasteiger partial charge in [-0.2, -0.15) is 0 Å². The lowest BCUT2D eigenvalue weighted by molar-refractivity contribution is 0.109. The Bertz CT molecular complexity index is 604. The van der Waals surface area contributed by atoms with Crippen LogP contribution in [0.3, 0.4) is 0 Å². The molecule has 1 aromatic carbocycles. The lowest BCUT2D eigenvalue weighted by atomic mass is 9.99. The molecule has 0 radical (unpaired) electrons. The fraction of sp³-hybridized carbons (Fsp3) is 0.389. The SMILES string of the molecule is COC(=O)N1CCC(N[C@@H](c2ccccc2)c2ccco2)CC1. The lowest BCUT2D eigenvalue weighted by Crippen LogP contribution is -2.45. The van der Waals surface area contributed by atoms with E-state index in [1.165, 1.54) is 12.7 Å². The van der Waals surface area contributed by atoms with Crippen molar-refractivity contribution in [3.05, 3.63) is 60.1 Å². The largest absolute Gasteiger partial charge is 0.467 e. The molecular formula is C18H22N2O3. The molecule has 0 spiro atoms. The van der Waals surface area contributed by atoms with Crippen LogP contribution < -0.4 is 5.32 Å². The van der Waals surface area contributed by atoms with Crippen LogP contribution in [0.25, 0.3) is 0 Å². The van der Waals surface area contributed by atoms with E-state index in [0.717, 1.165) is 18.6 Å². The van der Waals surface area contributed by atoms with E-state index in [1.54, 1.807) is 11.2 Å². The molecule has 2 heterocycles. The average Bonchev–Trinajstić information content (AvgIpc) is 3.14. The minimum atomic E-state index is -0.242. The first-order valence-corrected chi connectivity index (χ1v) is 7.95. The van der Waals surface area contributed by atoms with Crippen LogP contribution >= 0.6 is 0 Å². The summed E-state index contributed by atoms with van der Waals surface area (Å²) in [5.41, 5.74) is 1.18. The quantitative estimate of drug-likeness (QED) is 0.941. The summed E-state index contributed by atoms with van der Waals surface area (Å²) < 4.78 is 10.4. The number of amides is 1. The molecule has 1 aromatic heterocycles. The van der Waals surface area contributed by atoms with Crippen molar-refractivity contribution in [3.63, 3.8) is 0 Å². The van der Waals surface area contributed by atoms with Gasteiger partial charge in [0.25, 0.3) is 0 Å². The predicted octanol–water partition coefficient (Wildman–Crippen LogP) is 3.19. The van der Waals surface area contributed by atoms with Crippen LogP contribution in [0.2, 0.25) is 0 Å². The lowest BCUT2D eigenvalue weighted by Gasteiger charge is -2.33. The summed E-state index contributed by atoms with van der Waals surface area (Å²) in [6, 6.07) is 14.6. The Morgan fingerprint density at radius 1 is 1.22 bits per heavy atom. The Morgan fingerprint density at radius 2 is 1.96 bits per heavy atom. The van der Waals surface area contributed by atoms with E-state index in [-0.39, 0.29) is 12.1 Å². The predicted molar refractivity (Wildman–Crippen MR) is 87.1 cm³/mol. The van der Waals surface area contributed by atoms with E-state index in [2.05, 4.69) is 17.4 Å². The number of hydrogen-bond acceptors (Lipinski definition) is 4. The van der Waals surface area contributed by atoms with Gasteiger partial charge < -0.3 is 19.4 Å². The maximum Gasteiger partial charge on any atom is 0.409 e. The van der Waals surface area contributed by atoms with Crippen molar-refractivity contribution >= 4 is 6.09 Å². The van der Waals surface area contributed by atoms with Gasteiger partial charge in [-0.05, 0) is 30.5 Å². The number of ether oxygens (including phenoxy) is 1. The Labute approximate surface area is 136 Å². The van der Waals surface area contributed by atoms with E-state index in [9.17, 15) is 4.79 Å². The van der Waals surface area contributed by atoms with Crippen molar-refractivity contribution in [2.75, 3.05) is 20.2 Å². The Morgan fingerprint density at radius 3 is 2.57 bits per heavy atom.